The van der Waals surface area contributed by atoms with Crippen LogP contribution in [0.2, 0.25) is 0 Å². The van der Waals surface area contributed by atoms with Gasteiger partial charge in [-0.15, -0.1) is 0 Å². The predicted octanol–water partition coefficient (Wildman–Crippen LogP) is 2.69. The second-order valence-corrected chi connectivity index (χ2v) is 5.78. The number of carbonyl (C=O) groups excluding carboxylic acids is 2. The fourth-order valence-electron chi connectivity index (χ4n) is 2.15. The average molecular weight is 310 g/mol. The monoisotopic (exact) mass is 310 g/mol. The van der Waals surface area contributed by atoms with Crippen molar-refractivity contribution in [1.82, 2.24) is 10.2 Å². The van der Waals surface area contributed by atoms with E-state index in [-0.39, 0.29) is 18.4 Å². The molecule has 4 nitrogen and oxygen atoms in total. The molecular formula is C19H22N2O2. The Morgan fingerprint density at radius 3 is 2.00 bits per heavy atom. The molecule has 0 unspecified atom stereocenters. The Bertz CT molecular complexity index is 676. The van der Waals surface area contributed by atoms with Gasteiger partial charge in [0.2, 0.25) is 5.91 Å². The number of rotatable bonds is 5. The molecule has 0 aliphatic carbocycles. The lowest BCUT2D eigenvalue weighted by atomic mass is 10.1. The lowest BCUT2D eigenvalue weighted by Crippen LogP contribution is -2.37. The lowest BCUT2D eigenvalue weighted by Gasteiger charge is -2.17. The van der Waals surface area contributed by atoms with Crippen LogP contribution in [0.5, 0.6) is 0 Å². The van der Waals surface area contributed by atoms with Gasteiger partial charge in [-0.05, 0) is 31.5 Å². The first-order valence-electron chi connectivity index (χ1n) is 7.60. The third-order valence-corrected chi connectivity index (χ3v) is 3.68. The maximum absolute atomic E-state index is 12.1. The van der Waals surface area contributed by atoms with E-state index in [4.69, 9.17) is 0 Å². The maximum atomic E-state index is 12.1. The molecule has 120 valence electrons. The molecule has 0 aromatic heterocycles. The molecule has 0 heterocycles. The minimum Gasteiger partial charge on any atom is -0.343 e. The smallest absolute Gasteiger partial charge is 0.251 e. The molecule has 0 saturated heterocycles. The van der Waals surface area contributed by atoms with Gasteiger partial charge < -0.3 is 10.2 Å². The van der Waals surface area contributed by atoms with Crippen molar-refractivity contribution >= 4 is 11.8 Å². The van der Waals surface area contributed by atoms with Gasteiger partial charge in [0.05, 0.1) is 6.54 Å². The highest BCUT2D eigenvalue weighted by Gasteiger charge is 2.12. The van der Waals surface area contributed by atoms with Crippen LogP contribution < -0.4 is 5.32 Å². The van der Waals surface area contributed by atoms with Crippen LogP contribution >= 0.6 is 0 Å². The van der Waals surface area contributed by atoms with E-state index < -0.39 is 0 Å². The van der Waals surface area contributed by atoms with Gasteiger partial charge in [0.25, 0.3) is 5.91 Å². The molecule has 0 atom stereocenters. The topological polar surface area (TPSA) is 49.4 Å². The molecule has 0 fully saturated rings. The first kappa shape index (κ1) is 16.7. The van der Waals surface area contributed by atoms with Gasteiger partial charge in [-0.25, -0.2) is 0 Å². The molecule has 0 bridgehead atoms. The molecule has 0 saturated carbocycles. The van der Waals surface area contributed by atoms with Gasteiger partial charge in [-0.3, -0.25) is 9.59 Å². The summed E-state index contributed by atoms with van der Waals surface area (Å²) in [5.41, 5.74) is 3.91. The number of hydrogen-bond acceptors (Lipinski definition) is 2. The number of benzene rings is 2. The Labute approximate surface area is 137 Å². The number of nitrogens with one attached hydrogen (secondary N) is 1. The van der Waals surface area contributed by atoms with Crippen LogP contribution in [-0.2, 0) is 11.3 Å². The van der Waals surface area contributed by atoms with Crippen molar-refractivity contribution in [2.45, 2.75) is 20.4 Å². The zero-order valence-electron chi connectivity index (χ0n) is 13.8. The van der Waals surface area contributed by atoms with Crippen molar-refractivity contribution in [2.75, 3.05) is 13.6 Å². The molecule has 0 aliphatic heterocycles. The zero-order chi connectivity index (χ0) is 16.8. The number of hydrogen-bond donors (Lipinski definition) is 1. The van der Waals surface area contributed by atoms with Crippen LogP contribution in [0.1, 0.15) is 27.0 Å². The molecule has 0 spiro atoms. The maximum Gasteiger partial charge on any atom is 0.251 e. The Balaban J connectivity index is 1.84. The highest BCUT2D eigenvalue weighted by Crippen LogP contribution is 2.06. The van der Waals surface area contributed by atoms with Gasteiger partial charge in [0, 0.05) is 19.2 Å². The molecule has 0 radical (unpaired) electrons. The largest absolute Gasteiger partial charge is 0.343 e. The van der Waals surface area contributed by atoms with Crippen molar-refractivity contribution in [2.24, 2.45) is 0 Å². The molecule has 23 heavy (non-hydrogen) atoms. The van der Waals surface area contributed by atoms with Gasteiger partial charge >= 0.3 is 0 Å². The minimum absolute atomic E-state index is 0.00489. The van der Waals surface area contributed by atoms with Crippen LogP contribution in [-0.4, -0.2) is 30.3 Å². The van der Waals surface area contributed by atoms with Crippen molar-refractivity contribution in [3.8, 4) is 0 Å². The summed E-state index contributed by atoms with van der Waals surface area (Å²) >= 11 is 0. The van der Waals surface area contributed by atoms with E-state index in [1.165, 1.54) is 5.56 Å². The van der Waals surface area contributed by atoms with E-state index in [1.54, 1.807) is 24.1 Å². The van der Waals surface area contributed by atoms with Crippen LogP contribution in [0.3, 0.4) is 0 Å². The highest BCUT2D eigenvalue weighted by molar-refractivity contribution is 5.96. The van der Waals surface area contributed by atoms with Gasteiger partial charge in [-0.2, -0.15) is 0 Å². The summed E-state index contributed by atoms with van der Waals surface area (Å²) in [4.78, 5) is 25.7. The standard InChI is InChI=1S/C19H22N2O2/c1-14-4-8-16(9-5-14)13-21(3)18(22)12-20-19(23)17-10-6-15(2)7-11-17/h4-11H,12-13H2,1-3H3,(H,20,23). The normalized spacial score (nSPS) is 10.2. The molecule has 0 aliphatic rings. The number of carbonyl (C=O) groups is 2. The number of likely N-dealkylation sites (N-methyl/N-ethyl adjacent to an activating group) is 1. The Morgan fingerprint density at radius 2 is 1.43 bits per heavy atom. The molecule has 1 N–H and O–H groups in total. The van der Waals surface area contributed by atoms with Crippen LogP contribution in [0.15, 0.2) is 48.5 Å². The predicted molar refractivity (Wildman–Crippen MR) is 91.2 cm³/mol. The second kappa shape index (κ2) is 7.58. The highest BCUT2D eigenvalue weighted by atomic mass is 16.2. The molecule has 2 rings (SSSR count). The second-order valence-electron chi connectivity index (χ2n) is 5.78. The molecule has 4 heteroatoms. The third kappa shape index (κ3) is 4.95. The molecule has 2 aromatic rings. The summed E-state index contributed by atoms with van der Waals surface area (Å²) in [5.74, 6) is -0.354. The van der Waals surface area contributed by atoms with Gasteiger partial charge in [0.15, 0.2) is 0 Å². The zero-order valence-corrected chi connectivity index (χ0v) is 13.8. The molecule has 2 aromatic carbocycles. The summed E-state index contributed by atoms with van der Waals surface area (Å²) in [6, 6.07) is 15.3. The Kier molecular flexibility index (Phi) is 5.52. The van der Waals surface area contributed by atoms with E-state index in [2.05, 4.69) is 5.32 Å². The SMILES string of the molecule is Cc1ccc(CN(C)C(=O)CNC(=O)c2ccc(C)cc2)cc1. The number of nitrogens with zero attached hydrogens (tertiary/aromatic N) is 1. The van der Waals surface area contributed by atoms with Crippen LogP contribution in [0, 0.1) is 13.8 Å². The van der Waals surface area contributed by atoms with Gasteiger partial charge in [-0.1, -0.05) is 47.5 Å². The molecular weight excluding hydrogens is 288 g/mol. The first-order valence-corrected chi connectivity index (χ1v) is 7.60. The fraction of sp³-hybridized carbons (Fsp3) is 0.263. The summed E-state index contributed by atoms with van der Waals surface area (Å²) < 4.78 is 0. The Hall–Kier alpha value is -2.62. The first-order chi connectivity index (χ1) is 11.0. The van der Waals surface area contributed by atoms with Crippen molar-refractivity contribution in [1.29, 1.82) is 0 Å². The van der Waals surface area contributed by atoms with Crippen LogP contribution in [0.25, 0.3) is 0 Å². The van der Waals surface area contributed by atoms with Gasteiger partial charge in [0.1, 0.15) is 0 Å². The van der Waals surface area contributed by atoms with Crippen LogP contribution in [0.4, 0.5) is 0 Å². The average Bonchev–Trinajstić information content (AvgIpc) is 2.55. The summed E-state index contributed by atoms with van der Waals surface area (Å²) in [5, 5.41) is 2.66. The van der Waals surface area contributed by atoms with Crippen molar-refractivity contribution in [3.63, 3.8) is 0 Å². The molecule has 2 amide bonds. The van der Waals surface area contributed by atoms with Crippen molar-refractivity contribution < 1.29 is 9.59 Å². The lowest BCUT2D eigenvalue weighted by molar-refractivity contribution is -0.129. The summed E-state index contributed by atoms with van der Waals surface area (Å²) in [7, 11) is 1.74. The number of aryl methyl sites for hydroxylation is 2. The van der Waals surface area contributed by atoms with E-state index in [9.17, 15) is 9.59 Å². The summed E-state index contributed by atoms with van der Waals surface area (Å²) in [6.07, 6.45) is 0. The quantitative estimate of drug-likeness (QED) is 0.923. The van der Waals surface area contributed by atoms with Crippen molar-refractivity contribution in [3.05, 3.63) is 70.8 Å². The number of amides is 2. The van der Waals surface area contributed by atoms with E-state index >= 15 is 0 Å². The van der Waals surface area contributed by atoms with E-state index in [0.29, 0.717) is 12.1 Å². The van der Waals surface area contributed by atoms with E-state index in [1.807, 2.05) is 50.2 Å². The fourth-order valence-corrected chi connectivity index (χ4v) is 2.15. The minimum atomic E-state index is -0.234. The van der Waals surface area contributed by atoms with E-state index in [0.717, 1.165) is 11.1 Å². The summed E-state index contributed by atoms with van der Waals surface area (Å²) in [6.45, 7) is 4.51. The third-order valence-electron chi connectivity index (χ3n) is 3.68. The Morgan fingerprint density at radius 1 is 0.913 bits per heavy atom.